The maximum absolute atomic E-state index is 13.6. The average molecular weight is 1760 g/mol. The minimum atomic E-state index is -2.93. The molecule has 0 unspecified atom stereocenters. The molecule has 0 saturated carbocycles. The molecular weight excluding hydrogens is 1650 g/mol. The van der Waals surface area contributed by atoms with Crippen LogP contribution in [-0.2, 0) is 50.8 Å². The van der Waals surface area contributed by atoms with Crippen LogP contribution in [0.2, 0.25) is 0 Å². The standard InChI is InChI=1S/C26H27N5O.C25H24F2N6O.C25H26N6O2.C25H26N6O/c1-19-7-9-20(10-8-19)11-12-24(32)30-13-15-31(16-14-30)26-22-17-23(21-5-3-2-4-6-21)29-25(22)27-18-28-26;1-25(26,27)19-6-2-4-17(12-19)13-22(34)32-8-10-33(11-9-32)24-20-14-21(18-5-3-7-28-15-18)31-23(20)29-16-30-24;1-2-33-20-7-3-5-18(13-20)14-23(32)30-9-11-31(12-10-30)25-21-15-22(19-6-4-8-26-16-19)29-24(21)27-17-28-25;1-18-4-6-19(7-5-18)8-9-23(32)30-11-13-31(14-12-30)25-21-15-22(20-3-2-10-26-16-20)29-24(21)27-17-28-25/h2-10,17-18H,11-16H2,1H3,(H,27,28,29);2-7,12,14-16H,8-11,13H2,1H3,(H,29,30,31);3-8,13,15-17H,2,9-12,14H2,1H3,(H,27,28,29);2-7,10,15-17H,8-9,11-14H2,1H3,(H,27,28,29). The highest BCUT2D eigenvalue weighted by Gasteiger charge is 2.31. The lowest BCUT2D eigenvalue weighted by molar-refractivity contribution is -0.132. The van der Waals surface area contributed by atoms with Crippen LogP contribution in [0.4, 0.5) is 32.1 Å². The number of aryl methyl sites for hydroxylation is 4. The van der Waals surface area contributed by atoms with Crippen molar-refractivity contribution in [3.63, 3.8) is 0 Å². The number of anilines is 4. The van der Waals surface area contributed by atoms with Crippen molar-refractivity contribution in [3.05, 3.63) is 289 Å². The third kappa shape index (κ3) is 21.6. The summed E-state index contributed by atoms with van der Waals surface area (Å²) in [7, 11) is 0. The molecule has 11 aromatic heterocycles. The highest BCUT2D eigenvalue weighted by atomic mass is 19.3. The van der Waals surface area contributed by atoms with E-state index in [4.69, 9.17) is 4.74 Å². The monoisotopic (exact) mass is 1760 g/mol. The number of amides is 4. The number of hydrogen-bond acceptors (Lipinski definition) is 20. The number of aromatic amines is 4. The van der Waals surface area contributed by atoms with Gasteiger partial charge in [-0.3, -0.25) is 34.1 Å². The second-order valence-electron chi connectivity index (χ2n) is 33.1. The van der Waals surface area contributed by atoms with Crippen molar-refractivity contribution >= 4 is 91.0 Å². The molecule has 20 rings (SSSR count). The maximum atomic E-state index is 13.6. The summed E-state index contributed by atoms with van der Waals surface area (Å²) in [5.41, 5.74) is 17.6. The third-order valence-corrected chi connectivity index (χ3v) is 24.2. The fourth-order valence-corrected chi connectivity index (χ4v) is 17.0. The zero-order valence-corrected chi connectivity index (χ0v) is 73.7. The number of carbonyl (C=O) groups is 4. The van der Waals surface area contributed by atoms with E-state index in [0.717, 1.165) is 183 Å². The number of nitrogens with zero attached hydrogens (tertiary/aromatic N) is 19. The number of alkyl halides is 2. The van der Waals surface area contributed by atoms with Gasteiger partial charge in [-0.1, -0.05) is 120 Å². The summed E-state index contributed by atoms with van der Waals surface area (Å²) in [5, 5.41) is 3.90. The van der Waals surface area contributed by atoms with Gasteiger partial charge in [0.1, 0.15) is 76.9 Å². The molecule has 15 heterocycles. The van der Waals surface area contributed by atoms with Crippen molar-refractivity contribution in [1.82, 2.24) is 94.4 Å². The summed E-state index contributed by atoms with van der Waals surface area (Å²) in [5.74, 6) is 1.95. The Labute approximate surface area is 757 Å². The van der Waals surface area contributed by atoms with Gasteiger partial charge in [-0.15, -0.1) is 0 Å². The quantitative estimate of drug-likeness (QED) is 0.0519. The summed E-state index contributed by atoms with van der Waals surface area (Å²) in [6, 6.07) is 61.0. The molecule has 0 bridgehead atoms. The smallest absolute Gasteiger partial charge is 0.270 e. The molecule has 0 radical (unpaired) electrons. The lowest BCUT2D eigenvalue weighted by atomic mass is 10.0. The van der Waals surface area contributed by atoms with E-state index in [-0.39, 0.29) is 35.6 Å². The molecule has 4 saturated heterocycles. The van der Waals surface area contributed by atoms with Gasteiger partial charge in [-0.25, -0.2) is 48.7 Å². The molecule has 4 amide bonds. The van der Waals surface area contributed by atoms with Gasteiger partial charge in [-0.2, -0.15) is 0 Å². The van der Waals surface area contributed by atoms with Crippen LogP contribution in [0.15, 0.2) is 251 Å². The minimum absolute atomic E-state index is 0.0652. The average Bonchev–Trinajstić information content (AvgIpc) is 1.67. The third-order valence-electron chi connectivity index (χ3n) is 24.2. The molecule has 0 aliphatic carbocycles. The van der Waals surface area contributed by atoms with E-state index >= 15 is 0 Å². The zero-order chi connectivity index (χ0) is 90.2. The highest BCUT2D eigenvalue weighted by Crippen LogP contribution is 2.36. The number of ether oxygens (including phenoxy) is 1. The molecule has 4 aliphatic rings. The molecule has 4 aliphatic heterocycles. The summed E-state index contributed by atoms with van der Waals surface area (Å²) < 4.78 is 32.8. The van der Waals surface area contributed by atoms with Crippen LogP contribution in [-0.4, -0.2) is 229 Å². The molecule has 5 aromatic carbocycles. The molecule has 666 valence electrons. The molecule has 4 fully saturated rings. The van der Waals surface area contributed by atoms with Gasteiger partial charge in [0.15, 0.2) is 0 Å². The Hall–Kier alpha value is -15.2. The second-order valence-corrected chi connectivity index (χ2v) is 33.1. The number of H-pyrrole nitrogens is 4. The lowest BCUT2D eigenvalue weighted by Crippen LogP contribution is -2.49. The number of carbonyl (C=O) groups excluding carboxylic acids is 4. The zero-order valence-electron chi connectivity index (χ0n) is 73.7. The number of piperazine rings is 4. The Morgan fingerprint density at radius 2 is 0.679 bits per heavy atom. The van der Waals surface area contributed by atoms with E-state index in [0.29, 0.717) is 96.9 Å². The van der Waals surface area contributed by atoms with Crippen molar-refractivity contribution in [1.29, 1.82) is 0 Å². The Morgan fingerprint density at radius 1 is 0.351 bits per heavy atom. The van der Waals surface area contributed by atoms with Gasteiger partial charge < -0.3 is 63.9 Å². The topological polar surface area (TPSA) is 308 Å². The van der Waals surface area contributed by atoms with Crippen LogP contribution in [0.3, 0.4) is 0 Å². The molecule has 131 heavy (non-hydrogen) atoms. The SMILES string of the molecule is CC(F)(F)c1cccc(CC(=O)N2CCN(c3ncnc4[nH]c(-c5cccnc5)cc34)CC2)c1.CCOc1cccc(CC(=O)N2CCN(c3ncnc4[nH]c(-c5cccnc5)cc34)CC2)c1.Cc1ccc(CCC(=O)N2CCN(c3ncnc4[nH]c(-c5ccccc5)cc34)CC2)cc1.Cc1ccc(CCC(=O)N2CCN(c3ncnc4[nH]c(-c5cccnc5)cc34)CC2)cc1. The number of fused-ring (bicyclic) bond motifs is 4. The number of rotatable bonds is 21. The Morgan fingerprint density at radius 3 is 1.02 bits per heavy atom. The highest BCUT2D eigenvalue weighted by molar-refractivity contribution is 5.96. The van der Waals surface area contributed by atoms with Crippen LogP contribution in [0.1, 0.15) is 65.6 Å². The normalized spacial score (nSPS) is 14.2. The number of aromatic nitrogens is 15. The first kappa shape index (κ1) is 87.8. The summed E-state index contributed by atoms with van der Waals surface area (Å²) in [6.07, 6.45) is 20.2. The van der Waals surface area contributed by atoms with Crippen molar-refractivity contribution in [2.45, 2.75) is 72.1 Å². The first-order valence-corrected chi connectivity index (χ1v) is 44.5. The minimum Gasteiger partial charge on any atom is -0.494 e. The molecule has 30 heteroatoms. The van der Waals surface area contributed by atoms with Gasteiger partial charge >= 0.3 is 0 Å². The number of hydrogen-bond donors (Lipinski definition) is 4. The van der Waals surface area contributed by atoms with Gasteiger partial charge in [-0.05, 0) is 140 Å². The Balaban J connectivity index is 0.000000122. The molecule has 0 atom stereocenters. The van der Waals surface area contributed by atoms with Gasteiger partial charge in [0.05, 0.1) is 41.0 Å². The lowest BCUT2D eigenvalue weighted by Gasteiger charge is -2.35. The fraction of sp³-hybridized carbons (Fsp3) is 0.277. The van der Waals surface area contributed by atoms with Crippen LogP contribution >= 0.6 is 0 Å². The van der Waals surface area contributed by atoms with Crippen molar-refractivity contribution in [2.24, 2.45) is 0 Å². The first-order valence-electron chi connectivity index (χ1n) is 44.5. The van der Waals surface area contributed by atoms with Gasteiger partial charge in [0.25, 0.3) is 5.92 Å². The van der Waals surface area contributed by atoms with Crippen molar-refractivity contribution < 1.29 is 32.7 Å². The fourth-order valence-electron chi connectivity index (χ4n) is 17.0. The predicted octanol–water partition coefficient (Wildman–Crippen LogP) is 15.2. The van der Waals surface area contributed by atoms with E-state index < -0.39 is 5.92 Å². The van der Waals surface area contributed by atoms with Gasteiger partial charge in [0.2, 0.25) is 23.6 Å². The van der Waals surface area contributed by atoms with Gasteiger partial charge in [0, 0.05) is 207 Å². The van der Waals surface area contributed by atoms with E-state index in [1.54, 1.807) is 60.8 Å². The second kappa shape index (κ2) is 40.8. The maximum Gasteiger partial charge on any atom is 0.270 e. The Bertz CT molecular complexity index is 6370. The molecule has 4 N–H and O–H groups in total. The number of halogens is 2. The van der Waals surface area contributed by atoms with Crippen LogP contribution in [0.5, 0.6) is 5.75 Å². The Kier molecular flexibility index (Phi) is 27.4. The van der Waals surface area contributed by atoms with Crippen LogP contribution in [0, 0.1) is 13.8 Å². The largest absolute Gasteiger partial charge is 0.494 e. The molecule has 16 aromatic rings. The number of nitrogens with one attached hydrogen (secondary N) is 4. The summed E-state index contributed by atoms with van der Waals surface area (Å²) in [4.78, 5) is 130. The number of pyridine rings is 3. The van der Waals surface area contributed by atoms with E-state index in [1.807, 2.05) is 119 Å². The van der Waals surface area contributed by atoms with Crippen molar-refractivity contribution in [3.8, 4) is 50.8 Å². The molecule has 0 spiro atoms. The van der Waals surface area contributed by atoms with E-state index in [1.165, 1.54) is 40.7 Å². The first-order chi connectivity index (χ1) is 63.9. The van der Waals surface area contributed by atoms with E-state index in [9.17, 15) is 28.0 Å². The summed E-state index contributed by atoms with van der Waals surface area (Å²) in [6.45, 7) is 18.6. The van der Waals surface area contributed by atoms with Crippen LogP contribution in [0.25, 0.3) is 89.2 Å². The summed E-state index contributed by atoms with van der Waals surface area (Å²) >= 11 is 0. The van der Waals surface area contributed by atoms with E-state index in [2.05, 4.69) is 187 Å². The molecular formula is C101H103F2N23O5. The molecule has 28 nitrogen and oxygen atoms in total. The number of benzene rings is 5. The van der Waals surface area contributed by atoms with Crippen molar-refractivity contribution in [2.75, 3.05) is 131 Å². The predicted molar refractivity (Wildman–Crippen MR) is 506 cm³/mol. The van der Waals surface area contributed by atoms with Crippen LogP contribution < -0.4 is 24.3 Å².